The molecule has 2 rings (SSSR count). The van der Waals surface area contributed by atoms with E-state index < -0.39 is 11.2 Å². The Morgan fingerprint density at radius 3 is 3.29 bits per heavy atom. The third-order valence-corrected chi connectivity index (χ3v) is 2.80. The Morgan fingerprint density at radius 1 is 1.79 bits per heavy atom. The fourth-order valence-electron chi connectivity index (χ4n) is 1.05. The van der Waals surface area contributed by atoms with E-state index in [4.69, 9.17) is 5.11 Å². The number of aliphatic carboxylic acids is 1. The van der Waals surface area contributed by atoms with E-state index >= 15 is 0 Å². The summed E-state index contributed by atoms with van der Waals surface area (Å²) >= 11 is 1.10. The summed E-state index contributed by atoms with van der Waals surface area (Å²) in [6.45, 7) is 0. The maximum Gasteiger partial charge on any atom is 0.305 e. The van der Waals surface area contributed by atoms with Gasteiger partial charge in [0, 0.05) is 0 Å². The number of carboxylic acids is 1. The first-order chi connectivity index (χ1) is 6.66. The van der Waals surface area contributed by atoms with Crippen LogP contribution in [0.3, 0.4) is 0 Å². The van der Waals surface area contributed by atoms with Crippen molar-refractivity contribution >= 4 is 23.6 Å². The van der Waals surface area contributed by atoms with E-state index in [-0.39, 0.29) is 12.3 Å². The maximum absolute atomic E-state index is 11.3. The van der Waals surface area contributed by atoms with E-state index in [1.54, 1.807) is 0 Å². The Hall–Kier alpha value is -1.57. The number of thioether (sulfide) groups is 1. The van der Waals surface area contributed by atoms with Gasteiger partial charge in [0.2, 0.25) is 5.16 Å². The van der Waals surface area contributed by atoms with Crippen molar-refractivity contribution in [2.75, 3.05) is 5.43 Å². The lowest BCUT2D eigenvalue weighted by atomic mass is 10.3. The van der Waals surface area contributed by atoms with Gasteiger partial charge in [0.25, 0.3) is 5.91 Å². The molecule has 7 nitrogen and oxygen atoms in total. The molecular formula is C6H6N4O3S. The van der Waals surface area contributed by atoms with Gasteiger partial charge in [-0.1, -0.05) is 11.8 Å². The highest BCUT2D eigenvalue weighted by Crippen LogP contribution is 2.26. The first-order valence-corrected chi connectivity index (χ1v) is 4.64. The second kappa shape index (κ2) is 3.29. The van der Waals surface area contributed by atoms with E-state index in [1.165, 1.54) is 11.0 Å². The quantitative estimate of drug-likeness (QED) is 0.675. The second-order valence-corrected chi connectivity index (χ2v) is 3.83. The molecule has 1 aliphatic heterocycles. The molecule has 0 saturated heterocycles. The Bertz CT molecular complexity index is 390. The highest BCUT2D eigenvalue weighted by Gasteiger charge is 2.29. The minimum atomic E-state index is -1.01. The number of carbonyl (C=O) groups is 2. The van der Waals surface area contributed by atoms with E-state index in [1.807, 2.05) is 0 Å². The number of carbonyl (C=O) groups excluding carboxylic acids is 1. The largest absolute Gasteiger partial charge is 0.481 e. The summed E-state index contributed by atoms with van der Waals surface area (Å²) in [5.41, 5.74) is 2.46. The van der Waals surface area contributed by atoms with Gasteiger partial charge < -0.3 is 5.11 Å². The number of nitrogens with zero attached hydrogens (tertiary/aromatic N) is 3. The van der Waals surface area contributed by atoms with Gasteiger partial charge in [-0.15, -0.1) is 10.2 Å². The molecule has 74 valence electrons. The average molecular weight is 214 g/mol. The minimum absolute atomic E-state index is 0.219. The number of carboxylic acid groups (broad SMARTS) is 1. The fraction of sp³-hybridized carbons (Fsp3) is 0.333. The van der Waals surface area contributed by atoms with Crippen LogP contribution in [0.5, 0.6) is 0 Å². The normalized spacial score (nSPS) is 20.0. The van der Waals surface area contributed by atoms with Crippen LogP contribution < -0.4 is 5.43 Å². The third kappa shape index (κ3) is 1.55. The Balaban J connectivity index is 2.17. The van der Waals surface area contributed by atoms with Gasteiger partial charge in [-0.3, -0.25) is 15.0 Å². The van der Waals surface area contributed by atoms with Crippen molar-refractivity contribution in [3.8, 4) is 0 Å². The Kier molecular flexibility index (Phi) is 2.12. The van der Waals surface area contributed by atoms with Crippen LogP contribution in [-0.2, 0) is 9.59 Å². The topological polar surface area (TPSA) is 97.1 Å². The smallest absolute Gasteiger partial charge is 0.305 e. The molecule has 1 atom stereocenters. The lowest BCUT2D eigenvalue weighted by Gasteiger charge is -2.19. The highest BCUT2D eigenvalue weighted by molar-refractivity contribution is 8.00. The molecule has 0 saturated carbocycles. The van der Waals surface area contributed by atoms with Gasteiger partial charge in [0.05, 0.1) is 6.42 Å². The monoisotopic (exact) mass is 214 g/mol. The van der Waals surface area contributed by atoms with Crippen molar-refractivity contribution in [3.05, 3.63) is 6.33 Å². The van der Waals surface area contributed by atoms with Gasteiger partial charge in [0.15, 0.2) is 0 Å². The van der Waals surface area contributed by atoms with E-state index in [0.29, 0.717) is 5.16 Å². The number of fused-ring (bicyclic) bond motifs is 1. The molecule has 0 fully saturated rings. The molecule has 0 spiro atoms. The molecule has 2 N–H and O–H groups in total. The van der Waals surface area contributed by atoms with Crippen LogP contribution in [0.1, 0.15) is 6.42 Å². The zero-order valence-corrected chi connectivity index (χ0v) is 7.69. The summed E-state index contributed by atoms with van der Waals surface area (Å²) in [4.78, 5) is 21.7. The predicted octanol–water partition coefficient (Wildman–Crippen LogP) is -0.703. The lowest BCUT2D eigenvalue weighted by Crippen LogP contribution is -2.37. The molecule has 0 aliphatic carbocycles. The van der Waals surface area contributed by atoms with Crippen molar-refractivity contribution in [2.45, 2.75) is 16.8 Å². The number of amides is 1. The maximum atomic E-state index is 11.3. The summed E-state index contributed by atoms with van der Waals surface area (Å²) < 4.78 is 1.37. The van der Waals surface area contributed by atoms with Crippen LogP contribution in [-0.4, -0.2) is 37.1 Å². The van der Waals surface area contributed by atoms with Gasteiger partial charge in [-0.25, -0.2) is 4.68 Å². The van der Waals surface area contributed by atoms with Crippen LogP contribution in [0.25, 0.3) is 0 Å². The predicted molar refractivity (Wildman–Crippen MR) is 46.3 cm³/mol. The summed E-state index contributed by atoms with van der Waals surface area (Å²) in [5, 5.41) is 15.7. The molecule has 8 heteroatoms. The zero-order chi connectivity index (χ0) is 10.1. The van der Waals surface area contributed by atoms with E-state index in [9.17, 15) is 9.59 Å². The molecule has 1 aromatic heterocycles. The molecule has 0 aromatic carbocycles. The van der Waals surface area contributed by atoms with Crippen LogP contribution in [0, 0.1) is 0 Å². The molecule has 0 unspecified atom stereocenters. The summed E-state index contributed by atoms with van der Waals surface area (Å²) in [6, 6.07) is 0. The molecule has 0 bridgehead atoms. The number of hydrogen-bond acceptors (Lipinski definition) is 5. The molecule has 2 heterocycles. The number of rotatable bonds is 2. The molecule has 0 radical (unpaired) electrons. The standard InChI is InChI=1S/C6H6N4O3S/c11-4(12)1-3-5(13)9-10-2-7-8-6(10)14-3/h2-3H,1H2,(H,9,13)(H,11,12)/t3-/m0/s1. The fourth-order valence-corrected chi connectivity index (χ4v) is 1.99. The summed E-state index contributed by atoms with van der Waals surface area (Å²) in [7, 11) is 0. The van der Waals surface area contributed by atoms with Crippen LogP contribution in [0.15, 0.2) is 11.5 Å². The number of hydrogen-bond donors (Lipinski definition) is 2. The Morgan fingerprint density at radius 2 is 2.57 bits per heavy atom. The first-order valence-electron chi connectivity index (χ1n) is 3.76. The van der Waals surface area contributed by atoms with E-state index in [2.05, 4.69) is 15.6 Å². The second-order valence-electron chi connectivity index (χ2n) is 2.66. The average Bonchev–Trinajstić information content (AvgIpc) is 2.51. The number of nitrogens with one attached hydrogen (secondary N) is 1. The van der Waals surface area contributed by atoms with Gasteiger partial charge in [-0.05, 0) is 0 Å². The molecule has 1 aromatic rings. The van der Waals surface area contributed by atoms with Crippen molar-refractivity contribution in [1.29, 1.82) is 0 Å². The first kappa shape index (κ1) is 9.00. The molecule has 14 heavy (non-hydrogen) atoms. The zero-order valence-electron chi connectivity index (χ0n) is 6.88. The van der Waals surface area contributed by atoms with E-state index in [0.717, 1.165) is 11.8 Å². The van der Waals surface area contributed by atoms with Gasteiger partial charge >= 0.3 is 5.97 Å². The van der Waals surface area contributed by atoms with Crippen LogP contribution in [0.4, 0.5) is 0 Å². The molecular weight excluding hydrogens is 208 g/mol. The molecule has 1 amide bonds. The Labute approximate surface area is 82.5 Å². The lowest BCUT2D eigenvalue weighted by molar-refractivity contribution is -0.138. The van der Waals surface area contributed by atoms with Crippen molar-refractivity contribution in [2.24, 2.45) is 0 Å². The van der Waals surface area contributed by atoms with Crippen LogP contribution >= 0.6 is 11.8 Å². The third-order valence-electron chi connectivity index (χ3n) is 1.65. The SMILES string of the molecule is O=C(O)C[C@@H]1Sc2nncn2NC1=O. The van der Waals surface area contributed by atoms with Gasteiger partial charge in [0.1, 0.15) is 11.6 Å². The van der Waals surface area contributed by atoms with Crippen molar-refractivity contribution in [1.82, 2.24) is 14.9 Å². The molecule has 1 aliphatic rings. The van der Waals surface area contributed by atoms with Crippen molar-refractivity contribution < 1.29 is 14.7 Å². The summed E-state index contributed by atoms with van der Waals surface area (Å²) in [5.74, 6) is -1.35. The highest BCUT2D eigenvalue weighted by atomic mass is 32.2. The number of aromatic nitrogens is 3. The van der Waals surface area contributed by atoms with Crippen LogP contribution in [0.2, 0.25) is 0 Å². The minimum Gasteiger partial charge on any atom is -0.481 e. The van der Waals surface area contributed by atoms with Crippen molar-refractivity contribution in [3.63, 3.8) is 0 Å². The van der Waals surface area contributed by atoms with Gasteiger partial charge in [-0.2, -0.15) is 0 Å². The summed E-state index contributed by atoms with van der Waals surface area (Å²) in [6.07, 6.45) is 1.14.